The van der Waals surface area contributed by atoms with Crippen LogP contribution in [-0.2, 0) is 16.1 Å². The zero-order chi connectivity index (χ0) is 13.7. The number of carbonyl (C=O) groups excluding carboxylic acids is 1. The lowest BCUT2D eigenvalue weighted by Gasteiger charge is -2.18. The lowest BCUT2D eigenvalue weighted by molar-refractivity contribution is -0.144. The lowest BCUT2D eigenvalue weighted by atomic mass is 10.3. The summed E-state index contributed by atoms with van der Waals surface area (Å²) in [5.74, 6) is 1.65. The maximum Gasteiger partial charge on any atom is 0.320 e. The van der Waals surface area contributed by atoms with Crippen molar-refractivity contribution in [2.24, 2.45) is 0 Å². The van der Waals surface area contributed by atoms with Gasteiger partial charge in [-0.1, -0.05) is 12.1 Å². The number of hydrogen-bond acceptors (Lipinski definition) is 6. The fraction of sp³-hybridized carbons (Fsp3) is 0.769. The fourth-order valence-electron chi connectivity index (χ4n) is 1.95. The van der Waals surface area contributed by atoms with Crippen molar-refractivity contribution in [1.82, 2.24) is 15.0 Å². The quantitative estimate of drug-likeness (QED) is 0.668. The smallest absolute Gasteiger partial charge is 0.320 e. The number of carbonyl (C=O) groups is 1. The highest BCUT2D eigenvalue weighted by Crippen LogP contribution is 2.38. The van der Waals surface area contributed by atoms with Crippen LogP contribution < -0.4 is 0 Å². The summed E-state index contributed by atoms with van der Waals surface area (Å²) in [5, 5.41) is 3.97. The van der Waals surface area contributed by atoms with Crippen molar-refractivity contribution in [2.45, 2.75) is 45.6 Å². The van der Waals surface area contributed by atoms with E-state index in [1.165, 1.54) is 0 Å². The zero-order valence-corrected chi connectivity index (χ0v) is 11.6. The van der Waals surface area contributed by atoms with Gasteiger partial charge >= 0.3 is 5.97 Å². The second-order valence-electron chi connectivity index (χ2n) is 4.84. The van der Waals surface area contributed by atoms with Gasteiger partial charge in [0, 0.05) is 5.92 Å². The molecule has 0 radical (unpaired) electrons. The molecular weight excluding hydrogens is 246 g/mol. The van der Waals surface area contributed by atoms with E-state index < -0.39 is 0 Å². The van der Waals surface area contributed by atoms with E-state index in [0.29, 0.717) is 24.9 Å². The summed E-state index contributed by atoms with van der Waals surface area (Å²) < 4.78 is 10.2. The standard InChI is InChI=1S/C13H21N3O3/c1-3-7-16(9-12(17)18-4-2)8-11-14-13(19-15-11)10-5-6-10/h10H,3-9H2,1-2H3. The molecule has 1 aliphatic rings. The molecule has 0 saturated heterocycles. The van der Waals surface area contributed by atoms with Gasteiger partial charge in [0.05, 0.1) is 19.7 Å². The van der Waals surface area contributed by atoms with Gasteiger partial charge in [-0.2, -0.15) is 4.98 Å². The van der Waals surface area contributed by atoms with E-state index in [-0.39, 0.29) is 12.5 Å². The first-order chi connectivity index (χ1) is 9.22. The van der Waals surface area contributed by atoms with E-state index in [0.717, 1.165) is 31.7 Å². The number of nitrogens with zero attached hydrogens (tertiary/aromatic N) is 3. The van der Waals surface area contributed by atoms with Gasteiger partial charge < -0.3 is 9.26 Å². The summed E-state index contributed by atoms with van der Waals surface area (Å²) in [4.78, 5) is 17.9. The molecule has 1 aliphatic carbocycles. The maximum absolute atomic E-state index is 11.5. The summed E-state index contributed by atoms with van der Waals surface area (Å²) in [6.07, 6.45) is 3.25. The second kappa shape index (κ2) is 6.65. The molecule has 1 fully saturated rings. The van der Waals surface area contributed by atoms with Crippen LogP contribution in [0.2, 0.25) is 0 Å². The predicted octanol–water partition coefficient (Wildman–Crippen LogP) is 1.72. The van der Waals surface area contributed by atoms with Crippen molar-refractivity contribution in [3.8, 4) is 0 Å². The lowest BCUT2D eigenvalue weighted by Crippen LogP contribution is -2.31. The van der Waals surface area contributed by atoms with Crippen LogP contribution in [0.3, 0.4) is 0 Å². The Hall–Kier alpha value is -1.43. The SMILES string of the molecule is CCCN(CC(=O)OCC)Cc1noc(C2CC2)n1. The van der Waals surface area contributed by atoms with Gasteiger partial charge in [-0.05, 0) is 32.7 Å². The molecule has 106 valence electrons. The molecule has 0 bridgehead atoms. The van der Waals surface area contributed by atoms with Crippen LogP contribution in [0.5, 0.6) is 0 Å². The van der Waals surface area contributed by atoms with Crippen LogP contribution in [0.4, 0.5) is 0 Å². The summed E-state index contributed by atoms with van der Waals surface area (Å²) in [6, 6.07) is 0. The highest BCUT2D eigenvalue weighted by atomic mass is 16.5. The Kier molecular flexibility index (Phi) is 4.90. The Bertz CT molecular complexity index is 415. The summed E-state index contributed by atoms with van der Waals surface area (Å²) in [6.45, 7) is 5.91. The first-order valence-electron chi connectivity index (χ1n) is 6.93. The first-order valence-corrected chi connectivity index (χ1v) is 6.93. The van der Waals surface area contributed by atoms with Gasteiger partial charge in [0.25, 0.3) is 0 Å². The summed E-state index contributed by atoms with van der Waals surface area (Å²) in [7, 11) is 0. The number of hydrogen-bond donors (Lipinski definition) is 0. The molecule has 6 heteroatoms. The summed E-state index contributed by atoms with van der Waals surface area (Å²) in [5.41, 5.74) is 0. The van der Waals surface area contributed by atoms with Crippen LogP contribution >= 0.6 is 0 Å². The number of esters is 1. The molecule has 1 saturated carbocycles. The minimum Gasteiger partial charge on any atom is -0.465 e. The van der Waals surface area contributed by atoms with Crippen molar-refractivity contribution < 1.29 is 14.1 Å². The third-order valence-electron chi connectivity index (χ3n) is 2.97. The summed E-state index contributed by atoms with van der Waals surface area (Å²) >= 11 is 0. The van der Waals surface area contributed by atoms with E-state index in [1.54, 1.807) is 0 Å². The first kappa shape index (κ1) is 14.0. The molecule has 6 nitrogen and oxygen atoms in total. The maximum atomic E-state index is 11.5. The normalized spacial score (nSPS) is 14.9. The highest BCUT2D eigenvalue weighted by molar-refractivity contribution is 5.71. The molecular formula is C13H21N3O3. The van der Waals surface area contributed by atoms with Gasteiger partial charge in [-0.25, -0.2) is 0 Å². The van der Waals surface area contributed by atoms with Crippen LogP contribution in [0, 0.1) is 0 Å². The van der Waals surface area contributed by atoms with Crippen LogP contribution in [-0.4, -0.2) is 40.7 Å². The van der Waals surface area contributed by atoms with Crippen LogP contribution in [0.15, 0.2) is 4.52 Å². The molecule has 0 aromatic carbocycles. The number of ether oxygens (including phenoxy) is 1. The molecule has 0 aliphatic heterocycles. The van der Waals surface area contributed by atoms with Gasteiger partial charge in [0.2, 0.25) is 5.89 Å². The number of rotatable bonds is 8. The van der Waals surface area contributed by atoms with Crippen molar-refractivity contribution in [3.05, 3.63) is 11.7 Å². The van der Waals surface area contributed by atoms with Crippen molar-refractivity contribution in [3.63, 3.8) is 0 Å². The van der Waals surface area contributed by atoms with Gasteiger partial charge in [0.15, 0.2) is 5.82 Å². The van der Waals surface area contributed by atoms with Crippen molar-refractivity contribution in [1.29, 1.82) is 0 Å². The molecule has 0 atom stereocenters. The third-order valence-corrected chi connectivity index (χ3v) is 2.97. The van der Waals surface area contributed by atoms with E-state index in [1.807, 2.05) is 11.8 Å². The van der Waals surface area contributed by atoms with Crippen molar-refractivity contribution in [2.75, 3.05) is 19.7 Å². The van der Waals surface area contributed by atoms with Crippen LogP contribution in [0.25, 0.3) is 0 Å². The molecule has 1 heterocycles. The Morgan fingerprint density at radius 1 is 1.47 bits per heavy atom. The second-order valence-corrected chi connectivity index (χ2v) is 4.84. The largest absolute Gasteiger partial charge is 0.465 e. The minimum atomic E-state index is -0.207. The van der Waals surface area contributed by atoms with Gasteiger partial charge in [-0.3, -0.25) is 9.69 Å². The average molecular weight is 267 g/mol. The number of aromatic nitrogens is 2. The topological polar surface area (TPSA) is 68.5 Å². The molecule has 0 N–H and O–H groups in total. The monoisotopic (exact) mass is 267 g/mol. The van der Waals surface area contributed by atoms with Crippen LogP contribution in [0.1, 0.15) is 50.7 Å². The molecule has 1 aromatic heterocycles. The highest BCUT2D eigenvalue weighted by Gasteiger charge is 2.29. The molecule has 0 spiro atoms. The Balaban J connectivity index is 1.88. The van der Waals surface area contributed by atoms with E-state index >= 15 is 0 Å². The molecule has 0 unspecified atom stereocenters. The van der Waals surface area contributed by atoms with Gasteiger partial charge in [-0.15, -0.1) is 0 Å². The third kappa shape index (κ3) is 4.31. The average Bonchev–Trinajstić information content (AvgIpc) is 3.11. The van der Waals surface area contributed by atoms with Crippen molar-refractivity contribution >= 4 is 5.97 Å². The molecule has 19 heavy (non-hydrogen) atoms. The van der Waals surface area contributed by atoms with Gasteiger partial charge in [0.1, 0.15) is 0 Å². The Labute approximate surface area is 113 Å². The zero-order valence-electron chi connectivity index (χ0n) is 11.6. The predicted molar refractivity (Wildman–Crippen MR) is 68.5 cm³/mol. The Morgan fingerprint density at radius 3 is 2.89 bits per heavy atom. The molecule has 1 aromatic rings. The van der Waals surface area contributed by atoms with E-state index in [4.69, 9.17) is 9.26 Å². The van der Waals surface area contributed by atoms with E-state index in [2.05, 4.69) is 17.1 Å². The Morgan fingerprint density at radius 2 is 2.26 bits per heavy atom. The minimum absolute atomic E-state index is 0.207. The molecule has 0 amide bonds. The fourth-order valence-corrected chi connectivity index (χ4v) is 1.95. The molecule has 2 rings (SSSR count). The van der Waals surface area contributed by atoms with E-state index in [9.17, 15) is 4.79 Å².